The van der Waals surface area contributed by atoms with Gasteiger partial charge in [0.1, 0.15) is 5.69 Å². The van der Waals surface area contributed by atoms with Crippen molar-refractivity contribution in [1.82, 2.24) is 4.98 Å². The second-order valence-electron chi connectivity index (χ2n) is 3.27. The number of pyridine rings is 1. The van der Waals surface area contributed by atoms with Gasteiger partial charge < -0.3 is 5.11 Å². The molecule has 1 aromatic heterocycles. The zero-order valence-electron chi connectivity index (χ0n) is 7.99. The molecule has 4 heteroatoms. The van der Waals surface area contributed by atoms with E-state index < -0.39 is 5.97 Å². The van der Waals surface area contributed by atoms with E-state index in [1.807, 2.05) is 19.1 Å². The highest BCUT2D eigenvalue weighted by Gasteiger charge is 2.08. The Morgan fingerprint density at radius 1 is 1.33 bits per heavy atom. The lowest BCUT2D eigenvalue weighted by Gasteiger charge is -2.03. The van der Waals surface area contributed by atoms with E-state index in [1.165, 1.54) is 6.07 Å². The second-order valence-corrected chi connectivity index (χ2v) is 4.06. The molecule has 0 saturated carbocycles. The van der Waals surface area contributed by atoms with Gasteiger partial charge in [0, 0.05) is 9.86 Å². The molecular formula is C11H8BrNO2. The number of fused-ring (bicyclic) bond motifs is 1. The molecule has 0 unspecified atom stereocenters. The van der Waals surface area contributed by atoms with Crippen molar-refractivity contribution in [2.24, 2.45) is 0 Å². The lowest BCUT2D eigenvalue weighted by Crippen LogP contribution is -2.00. The van der Waals surface area contributed by atoms with Gasteiger partial charge in [-0.3, -0.25) is 0 Å². The Labute approximate surface area is 94.9 Å². The average molecular weight is 266 g/mol. The van der Waals surface area contributed by atoms with E-state index >= 15 is 0 Å². The third-order valence-corrected chi connectivity index (χ3v) is 3.21. The number of benzene rings is 1. The van der Waals surface area contributed by atoms with E-state index in [0.29, 0.717) is 5.52 Å². The minimum Gasteiger partial charge on any atom is -0.477 e. The van der Waals surface area contributed by atoms with Gasteiger partial charge in [-0.15, -0.1) is 0 Å². The molecule has 15 heavy (non-hydrogen) atoms. The minimum absolute atomic E-state index is 0.0637. The van der Waals surface area contributed by atoms with Crippen molar-refractivity contribution in [2.75, 3.05) is 0 Å². The molecule has 0 radical (unpaired) electrons. The molecule has 1 aromatic carbocycles. The number of aromatic carboxylic acids is 1. The molecule has 0 atom stereocenters. The topological polar surface area (TPSA) is 50.2 Å². The number of halogens is 1. The van der Waals surface area contributed by atoms with Crippen LogP contribution in [0.2, 0.25) is 0 Å². The summed E-state index contributed by atoms with van der Waals surface area (Å²) in [6.07, 6.45) is 0. The molecule has 0 aliphatic rings. The van der Waals surface area contributed by atoms with Crippen LogP contribution in [0.5, 0.6) is 0 Å². The van der Waals surface area contributed by atoms with Crippen molar-refractivity contribution < 1.29 is 9.90 Å². The number of carboxylic acids is 1. The summed E-state index contributed by atoms with van der Waals surface area (Å²) in [7, 11) is 0. The number of hydrogen-bond acceptors (Lipinski definition) is 2. The van der Waals surface area contributed by atoms with Crippen LogP contribution in [-0.2, 0) is 0 Å². The molecule has 0 aliphatic carbocycles. The largest absolute Gasteiger partial charge is 0.477 e. The first-order chi connectivity index (χ1) is 7.09. The third kappa shape index (κ3) is 1.72. The summed E-state index contributed by atoms with van der Waals surface area (Å²) in [4.78, 5) is 14.9. The fraction of sp³-hybridized carbons (Fsp3) is 0.0909. The van der Waals surface area contributed by atoms with Crippen LogP contribution in [0.15, 0.2) is 28.7 Å². The lowest BCUT2D eigenvalue weighted by molar-refractivity contribution is 0.0691. The van der Waals surface area contributed by atoms with E-state index in [2.05, 4.69) is 20.9 Å². The van der Waals surface area contributed by atoms with Gasteiger partial charge in [-0.1, -0.05) is 18.2 Å². The molecule has 0 saturated heterocycles. The maximum atomic E-state index is 10.8. The van der Waals surface area contributed by atoms with Crippen molar-refractivity contribution in [3.05, 3.63) is 40.0 Å². The minimum atomic E-state index is -1.01. The maximum absolute atomic E-state index is 10.8. The number of hydrogen-bond donors (Lipinski definition) is 1. The van der Waals surface area contributed by atoms with Crippen LogP contribution in [0.3, 0.4) is 0 Å². The fourth-order valence-corrected chi connectivity index (χ4v) is 1.82. The zero-order chi connectivity index (χ0) is 11.0. The van der Waals surface area contributed by atoms with Crippen LogP contribution in [0.25, 0.3) is 10.9 Å². The first kappa shape index (κ1) is 10.1. The summed E-state index contributed by atoms with van der Waals surface area (Å²) in [5, 5.41) is 9.75. The smallest absolute Gasteiger partial charge is 0.354 e. The SMILES string of the molecule is Cc1ccc2ccc(C(=O)O)nc2c1Br. The van der Waals surface area contributed by atoms with Gasteiger partial charge in [0.15, 0.2) is 0 Å². The summed E-state index contributed by atoms with van der Waals surface area (Å²) < 4.78 is 0.850. The molecule has 0 spiro atoms. The summed E-state index contributed by atoms with van der Waals surface area (Å²) in [5.41, 5.74) is 1.79. The molecule has 76 valence electrons. The molecule has 0 amide bonds. The molecule has 3 nitrogen and oxygen atoms in total. The Morgan fingerprint density at radius 2 is 2.00 bits per heavy atom. The van der Waals surface area contributed by atoms with E-state index in [0.717, 1.165) is 15.4 Å². The molecule has 0 fully saturated rings. The third-order valence-electron chi connectivity index (χ3n) is 2.21. The van der Waals surface area contributed by atoms with E-state index in [1.54, 1.807) is 6.07 Å². The summed E-state index contributed by atoms with van der Waals surface area (Å²) in [5.74, 6) is -1.01. The summed E-state index contributed by atoms with van der Waals surface area (Å²) in [6.45, 7) is 1.94. The van der Waals surface area contributed by atoms with Gasteiger partial charge in [-0.2, -0.15) is 0 Å². The van der Waals surface area contributed by atoms with Crippen molar-refractivity contribution >= 4 is 32.8 Å². The Balaban J connectivity index is 2.79. The number of rotatable bonds is 1. The number of carbonyl (C=O) groups is 1. The van der Waals surface area contributed by atoms with E-state index in [9.17, 15) is 4.79 Å². The number of nitrogens with zero attached hydrogens (tertiary/aromatic N) is 1. The Kier molecular flexibility index (Phi) is 2.44. The Bertz CT molecular complexity index is 552. The van der Waals surface area contributed by atoms with Crippen molar-refractivity contribution in [3.8, 4) is 0 Å². The predicted octanol–water partition coefficient (Wildman–Crippen LogP) is 3.00. The summed E-state index contributed by atoms with van der Waals surface area (Å²) in [6, 6.07) is 7.16. The van der Waals surface area contributed by atoms with Crippen LogP contribution in [0.4, 0.5) is 0 Å². The van der Waals surface area contributed by atoms with E-state index in [4.69, 9.17) is 5.11 Å². The molecule has 2 rings (SSSR count). The van der Waals surface area contributed by atoms with Gasteiger partial charge in [-0.25, -0.2) is 9.78 Å². The van der Waals surface area contributed by atoms with Gasteiger partial charge in [0.2, 0.25) is 0 Å². The lowest BCUT2D eigenvalue weighted by atomic mass is 10.1. The monoisotopic (exact) mass is 265 g/mol. The highest BCUT2D eigenvalue weighted by atomic mass is 79.9. The molecule has 1 N–H and O–H groups in total. The predicted molar refractivity (Wildman–Crippen MR) is 61.1 cm³/mol. The van der Waals surface area contributed by atoms with Crippen molar-refractivity contribution in [2.45, 2.75) is 6.92 Å². The van der Waals surface area contributed by atoms with E-state index in [-0.39, 0.29) is 5.69 Å². The Morgan fingerprint density at radius 3 is 2.67 bits per heavy atom. The van der Waals surface area contributed by atoms with Gasteiger partial charge in [0.25, 0.3) is 0 Å². The normalized spacial score (nSPS) is 10.5. The van der Waals surface area contributed by atoms with Crippen LogP contribution in [0.1, 0.15) is 16.1 Å². The molecule has 1 heterocycles. The Hall–Kier alpha value is -1.42. The van der Waals surface area contributed by atoms with Crippen LogP contribution in [-0.4, -0.2) is 16.1 Å². The number of aryl methyl sites for hydroxylation is 1. The first-order valence-corrected chi connectivity index (χ1v) is 5.18. The quantitative estimate of drug-likeness (QED) is 0.863. The van der Waals surface area contributed by atoms with Crippen LogP contribution in [0, 0.1) is 6.92 Å². The molecule has 0 bridgehead atoms. The molecular weight excluding hydrogens is 258 g/mol. The fourth-order valence-electron chi connectivity index (χ4n) is 1.37. The van der Waals surface area contributed by atoms with Crippen molar-refractivity contribution in [3.63, 3.8) is 0 Å². The van der Waals surface area contributed by atoms with Gasteiger partial charge in [0.05, 0.1) is 5.52 Å². The molecule has 2 aromatic rings. The van der Waals surface area contributed by atoms with Gasteiger partial charge >= 0.3 is 5.97 Å². The zero-order valence-corrected chi connectivity index (χ0v) is 9.58. The average Bonchev–Trinajstić information content (AvgIpc) is 2.23. The second kappa shape index (κ2) is 3.62. The highest BCUT2D eigenvalue weighted by molar-refractivity contribution is 9.10. The summed E-state index contributed by atoms with van der Waals surface area (Å²) >= 11 is 3.41. The maximum Gasteiger partial charge on any atom is 0.354 e. The standard InChI is InChI=1S/C11H8BrNO2/c1-6-2-3-7-4-5-8(11(14)15)13-10(7)9(6)12/h2-5H,1H3,(H,14,15). The molecule has 0 aliphatic heterocycles. The van der Waals surface area contributed by atoms with Gasteiger partial charge in [-0.05, 0) is 34.5 Å². The number of carboxylic acid groups (broad SMARTS) is 1. The highest BCUT2D eigenvalue weighted by Crippen LogP contribution is 2.25. The number of aromatic nitrogens is 1. The van der Waals surface area contributed by atoms with Crippen molar-refractivity contribution in [1.29, 1.82) is 0 Å². The van der Waals surface area contributed by atoms with Crippen LogP contribution >= 0.6 is 15.9 Å². The first-order valence-electron chi connectivity index (χ1n) is 4.39. The van der Waals surface area contributed by atoms with Crippen LogP contribution < -0.4 is 0 Å².